The first-order valence-corrected chi connectivity index (χ1v) is 11.4. The number of hydrogen-bond acceptors (Lipinski definition) is 3. The summed E-state index contributed by atoms with van der Waals surface area (Å²) in [5, 5.41) is 10.6. The van der Waals surface area contributed by atoms with Crippen molar-refractivity contribution >= 4 is 0 Å². The molecule has 0 aromatic carbocycles. The van der Waals surface area contributed by atoms with Crippen LogP contribution < -0.4 is 5.49 Å². The summed E-state index contributed by atoms with van der Waals surface area (Å²) in [6.07, 6.45) is 14.5. The van der Waals surface area contributed by atoms with Crippen LogP contribution in [0.2, 0.25) is 0 Å². The molecule has 4 fully saturated rings. The fourth-order valence-electron chi connectivity index (χ4n) is 7.23. The monoisotopic (exact) mass is 369 g/mol. The third kappa shape index (κ3) is 3.13. The van der Waals surface area contributed by atoms with Crippen molar-refractivity contribution < 1.29 is 5.21 Å². The van der Waals surface area contributed by atoms with Gasteiger partial charge in [-0.15, -0.1) is 0 Å². The van der Waals surface area contributed by atoms with Crippen molar-refractivity contribution in [3.63, 3.8) is 0 Å². The minimum Gasteiger partial charge on any atom is -0.427 e. The number of fused-ring (bicyclic) bond motifs is 1. The molecule has 148 valence electrons. The smallest absolute Gasteiger partial charge is 0.154 e. The molecule has 4 nitrogen and oxygen atoms in total. The first kappa shape index (κ1) is 17.8. The van der Waals surface area contributed by atoms with E-state index in [1.807, 2.05) is 0 Å². The first-order chi connectivity index (χ1) is 13.0. The Bertz CT molecular complexity index is 756. The Kier molecular flexibility index (Phi) is 4.36. The maximum Gasteiger partial charge on any atom is 0.154 e. The zero-order valence-corrected chi connectivity index (χ0v) is 17.1. The maximum absolute atomic E-state index is 10.6. The molecular formula is C23H35N3O. The van der Waals surface area contributed by atoms with Crippen LogP contribution >= 0.6 is 0 Å². The van der Waals surface area contributed by atoms with Crippen LogP contribution in [0.15, 0.2) is 4.99 Å². The molecule has 0 saturated heterocycles. The van der Waals surface area contributed by atoms with Gasteiger partial charge < -0.3 is 5.21 Å². The summed E-state index contributed by atoms with van der Waals surface area (Å²) in [4.78, 5) is 9.86. The third-order valence-electron chi connectivity index (χ3n) is 7.99. The van der Waals surface area contributed by atoms with Gasteiger partial charge in [0.2, 0.25) is 0 Å². The molecule has 1 heterocycles. The molecule has 1 aromatic heterocycles. The van der Waals surface area contributed by atoms with Crippen molar-refractivity contribution in [2.75, 3.05) is 6.54 Å². The van der Waals surface area contributed by atoms with Gasteiger partial charge in [-0.25, -0.2) is 4.98 Å². The number of hydrogen-bond donors (Lipinski definition) is 1. The van der Waals surface area contributed by atoms with E-state index in [-0.39, 0.29) is 5.92 Å². The molecule has 0 spiro atoms. The lowest BCUT2D eigenvalue weighted by atomic mass is 9.49. The van der Waals surface area contributed by atoms with Gasteiger partial charge in [-0.1, -0.05) is 13.8 Å². The summed E-state index contributed by atoms with van der Waals surface area (Å²) in [5.74, 6) is 4.02. The Morgan fingerprint density at radius 3 is 2.33 bits per heavy atom. The molecule has 0 unspecified atom stereocenters. The van der Waals surface area contributed by atoms with E-state index in [0.29, 0.717) is 5.41 Å². The molecule has 0 aliphatic heterocycles. The largest absolute Gasteiger partial charge is 0.427 e. The maximum atomic E-state index is 10.6. The molecule has 0 amide bonds. The van der Waals surface area contributed by atoms with Crippen molar-refractivity contribution in [3.8, 4) is 0 Å². The van der Waals surface area contributed by atoms with Gasteiger partial charge in [0.1, 0.15) is 5.82 Å². The summed E-state index contributed by atoms with van der Waals surface area (Å²) in [7, 11) is 0. The molecule has 0 radical (unpaired) electrons. The van der Waals surface area contributed by atoms with Crippen LogP contribution in [0.5, 0.6) is 0 Å². The molecule has 27 heavy (non-hydrogen) atoms. The second kappa shape index (κ2) is 6.63. The van der Waals surface area contributed by atoms with Crippen LogP contribution in [0.25, 0.3) is 0 Å². The Morgan fingerprint density at radius 2 is 1.70 bits per heavy atom. The Morgan fingerprint density at radius 1 is 1.07 bits per heavy atom. The van der Waals surface area contributed by atoms with Crippen LogP contribution in [-0.2, 0) is 12.8 Å². The van der Waals surface area contributed by atoms with Gasteiger partial charge in [0, 0.05) is 18.0 Å². The molecule has 5 aliphatic carbocycles. The summed E-state index contributed by atoms with van der Waals surface area (Å²) in [5.41, 5.74) is 3.79. The fraction of sp³-hybridized carbons (Fsp3) is 0.826. The minimum atomic E-state index is 0.208. The molecule has 1 aromatic rings. The van der Waals surface area contributed by atoms with Crippen LogP contribution in [0, 0.1) is 23.2 Å². The predicted octanol–water partition coefficient (Wildman–Crippen LogP) is 4.63. The fourth-order valence-corrected chi connectivity index (χ4v) is 7.23. The van der Waals surface area contributed by atoms with Crippen LogP contribution in [0.4, 0.5) is 0 Å². The van der Waals surface area contributed by atoms with Gasteiger partial charge in [-0.3, -0.25) is 4.99 Å². The van der Waals surface area contributed by atoms with E-state index in [9.17, 15) is 5.21 Å². The Labute approximate surface area is 163 Å². The molecule has 4 heteroatoms. The quantitative estimate of drug-likeness (QED) is 0.787. The van der Waals surface area contributed by atoms with Crippen molar-refractivity contribution in [1.82, 2.24) is 9.71 Å². The number of aromatic nitrogens is 2. The lowest BCUT2D eigenvalue weighted by Crippen LogP contribution is -2.46. The third-order valence-corrected chi connectivity index (χ3v) is 7.99. The van der Waals surface area contributed by atoms with Crippen molar-refractivity contribution in [2.24, 2.45) is 28.2 Å². The molecule has 4 bridgehead atoms. The van der Waals surface area contributed by atoms with E-state index < -0.39 is 0 Å². The summed E-state index contributed by atoms with van der Waals surface area (Å²) < 4.78 is 1.37. The van der Waals surface area contributed by atoms with E-state index in [1.54, 1.807) is 0 Å². The second-order valence-corrected chi connectivity index (χ2v) is 10.4. The lowest BCUT2D eigenvalue weighted by Gasteiger charge is -2.57. The van der Waals surface area contributed by atoms with Gasteiger partial charge in [0.15, 0.2) is 5.49 Å². The van der Waals surface area contributed by atoms with Gasteiger partial charge in [0.25, 0.3) is 0 Å². The first-order valence-electron chi connectivity index (χ1n) is 11.4. The van der Waals surface area contributed by atoms with Crippen molar-refractivity contribution in [3.05, 3.63) is 22.6 Å². The molecular weight excluding hydrogens is 334 g/mol. The van der Waals surface area contributed by atoms with Gasteiger partial charge >= 0.3 is 0 Å². The molecule has 4 saturated carbocycles. The normalized spacial score (nSPS) is 35.1. The van der Waals surface area contributed by atoms with Crippen LogP contribution in [0.3, 0.4) is 0 Å². The molecule has 5 aliphatic rings. The average Bonchev–Trinajstić information content (AvgIpc) is 2.62. The van der Waals surface area contributed by atoms with E-state index in [2.05, 4.69) is 13.8 Å². The highest BCUT2D eigenvalue weighted by Gasteiger charge is 2.50. The lowest BCUT2D eigenvalue weighted by molar-refractivity contribution is -0.0557. The SMILES string of the molecule is CC(C)c1nc(=NCCC23CC4CC(CC(C4)C2)C3)c2c(n1O)CCCC2. The van der Waals surface area contributed by atoms with Crippen molar-refractivity contribution in [1.29, 1.82) is 0 Å². The zero-order chi connectivity index (χ0) is 18.6. The molecule has 6 rings (SSSR count). The minimum absolute atomic E-state index is 0.208. The number of nitrogens with zero attached hydrogens (tertiary/aromatic N) is 3. The Hall–Kier alpha value is -1.32. The second-order valence-electron chi connectivity index (χ2n) is 10.4. The highest BCUT2D eigenvalue weighted by atomic mass is 16.5. The number of rotatable bonds is 4. The molecule has 0 atom stereocenters. The van der Waals surface area contributed by atoms with E-state index >= 15 is 0 Å². The zero-order valence-electron chi connectivity index (χ0n) is 17.1. The van der Waals surface area contributed by atoms with E-state index in [1.165, 1.54) is 61.7 Å². The van der Waals surface area contributed by atoms with Crippen LogP contribution in [0.1, 0.15) is 94.6 Å². The summed E-state index contributed by atoms with van der Waals surface area (Å²) in [6, 6.07) is 0. The predicted molar refractivity (Wildman–Crippen MR) is 106 cm³/mol. The average molecular weight is 370 g/mol. The highest BCUT2D eigenvalue weighted by molar-refractivity contribution is 5.22. The van der Waals surface area contributed by atoms with E-state index in [4.69, 9.17) is 9.98 Å². The van der Waals surface area contributed by atoms with Crippen LogP contribution in [-0.4, -0.2) is 21.5 Å². The van der Waals surface area contributed by atoms with Gasteiger partial charge in [-0.2, -0.15) is 4.73 Å². The molecule has 1 N–H and O–H groups in total. The standard InChI is InChI=1S/C23H35N3O/c1-15(2)22-25-21(19-5-3-4-6-20(19)26(22)27)24-8-7-23-12-16-9-17(13-23)11-18(10-16)14-23/h15-18,27H,3-14H2,1-2H3. The topological polar surface area (TPSA) is 50.4 Å². The van der Waals surface area contributed by atoms with Gasteiger partial charge in [-0.05, 0) is 93.8 Å². The Balaban J connectivity index is 1.41. The van der Waals surface area contributed by atoms with E-state index in [0.717, 1.165) is 60.6 Å². The van der Waals surface area contributed by atoms with Crippen molar-refractivity contribution in [2.45, 2.75) is 90.4 Å². The highest BCUT2D eigenvalue weighted by Crippen LogP contribution is 2.61. The van der Waals surface area contributed by atoms with Gasteiger partial charge in [0.05, 0.1) is 5.69 Å². The summed E-state index contributed by atoms with van der Waals surface area (Å²) in [6.45, 7) is 5.12. The summed E-state index contributed by atoms with van der Waals surface area (Å²) >= 11 is 0.